The van der Waals surface area contributed by atoms with Crippen molar-refractivity contribution >= 4 is 5.69 Å². The zero-order valence-corrected chi connectivity index (χ0v) is 18.8. The van der Waals surface area contributed by atoms with E-state index in [4.69, 9.17) is 14.2 Å². The van der Waals surface area contributed by atoms with Gasteiger partial charge in [0.15, 0.2) is 11.6 Å². The number of methoxy groups -OCH3 is 2. The number of anilines is 1. The van der Waals surface area contributed by atoms with Gasteiger partial charge in [-0.25, -0.2) is 4.39 Å². The summed E-state index contributed by atoms with van der Waals surface area (Å²) in [6, 6.07) is 7.00. The molecule has 1 aliphatic heterocycles. The number of rotatable bonds is 9. The second kappa shape index (κ2) is 10.8. The van der Waals surface area contributed by atoms with Gasteiger partial charge in [-0.3, -0.25) is 4.90 Å². The third kappa shape index (κ3) is 5.66. The van der Waals surface area contributed by atoms with E-state index < -0.39 is 11.6 Å². The van der Waals surface area contributed by atoms with Gasteiger partial charge in [0, 0.05) is 57.7 Å². The molecule has 0 saturated carbocycles. The first-order chi connectivity index (χ1) is 14.9. The lowest BCUT2D eigenvalue weighted by molar-refractivity contribution is 0.146. The zero-order chi connectivity index (χ0) is 22.4. The number of nitrogens with zero attached hydrogens (tertiary/aromatic N) is 2. The van der Waals surface area contributed by atoms with E-state index in [2.05, 4.69) is 29.7 Å². The summed E-state index contributed by atoms with van der Waals surface area (Å²) in [5, 5.41) is 0. The standard InChI is InChI=1S/C24H32F2N2O3/c1-17-18(2)22(31-14-13-29-3)6-5-19(17)7-8-27-9-11-28(12-10-27)20-15-21(25)24(26)23(16-20)30-4/h5-6,15-16H,7-14H2,1-4H3. The Kier molecular flexibility index (Phi) is 8.09. The van der Waals surface area contributed by atoms with Crippen molar-refractivity contribution in [3.8, 4) is 11.5 Å². The molecule has 0 radical (unpaired) electrons. The third-order valence-electron chi connectivity index (χ3n) is 6.03. The number of halogens is 2. The van der Waals surface area contributed by atoms with Gasteiger partial charge < -0.3 is 19.1 Å². The van der Waals surface area contributed by atoms with E-state index in [0.29, 0.717) is 18.9 Å². The van der Waals surface area contributed by atoms with Crippen LogP contribution in [0.3, 0.4) is 0 Å². The van der Waals surface area contributed by atoms with E-state index in [0.717, 1.165) is 44.9 Å². The molecular formula is C24H32F2N2O3. The smallest absolute Gasteiger partial charge is 0.200 e. The first-order valence-electron chi connectivity index (χ1n) is 10.7. The van der Waals surface area contributed by atoms with Crippen molar-refractivity contribution in [3.05, 3.63) is 52.6 Å². The minimum absolute atomic E-state index is 0.0575. The van der Waals surface area contributed by atoms with Gasteiger partial charge in [0.1, 0.15) is 12.4 Å². The van der Waals surface area contributed by atoms with E-state index in [1.165, 1.54) is 29.9 Å². The van der Waals surface area contributed by atoms with Crippen LogP contribution in [0.15, 0.2) is 24.3 Å². The summed E-state index contributed by atoms with van der Waals surface area (Å²) in [7, 11) is 3.01. The van der Waals surface area contributed by atoms with Crippen molar-refractivity contribution in [1.82, 2.24) is 4.90 Å². The Labute approximate surface area is 183 Å². The number of benzene rings is 2. The Hall–Kier alpha value is -2.38. The topological polar surface area (TPSA) is 34.2 Å². The van der Waals surface area contributed by atoms with Crippen LogP contribution in [0.5, 0.6) is 11.5 Å². The second-order valence-corrected chi connectivity index (χ2v) is 7.84. The van der Waals surface area contributed by atoms with E-state index in [1.54, 1.807) is 13.2 Å². The van der Waals surface area contributed by atoms with Crippen LogP contribution in [-0.2, 0) is 11.2 Å². The molecule has 7 heteroatoms. The average molecular weight is 435 g/mol. The van der Waals surface area contributed by atoms with Crippen LogP contribution in [0.2, 0.25) is 0 Å². The van der Waals surface area contributed by atoms with Crippen molar-refractivity contribution < 1.29 is 23.0 Å². The number of hydrogen-bond acceptors (Lipinski definition) is 5. The maximum Gasteiger partial charge on any atom is 0.200 e. The molecule has 31 heavy (non-hydrogen) atoms. The van der Waals surface area contributed by atoms with Gasteiger partial charge >= 0.3 is 0 Å². The molecule has 0 N–H and O–H groups in total. The van der Waals surface area contributed by atoms with Crippen LogP contribution in [0.25, 0.3) is 0 Å². The largest absolute Gasteiger partial charge is 0.493 e. The maximum atomic E-state index is 13.8. The highest BCUT2D eigenvalue weighted by Gasteiger charge is 2.20. The number of ether oxygens (including phenoxy) is 3. The van der Waals surface area contributed by atoms with Crippen LogP contribution in [0, 0.1) is 25.5 Å². The fourth-order valence-corrected chi connectivity index (χ4v) is 3.90. The SMILES string of the molecule is COCCOc1ccc(CCN2CCN(c3cc(F)c(F)c(OC)c3)CC2)c(C)c1C. The molecule has 0 aliphatic carbocycles. The molecule has 1 aliphatic rings. The molecule has 0 bridgehead atoms. The van der Waals surface area contributed by atoms with Crippen LogP contribution in [-0.4, -0.2) is 65.1 Å². The molecule has 0 atom stereocenters. The quantitative estimate of drug-likeness (QED) is 0.558. The predicted octanol–water partition coefficient (Wildman–Crippen LogP) is 3.98. The fraction of sp³-hybridized carbons (Fsp3) is 0.500. The van der Waals surface area contributed by atoms with Gasteiger partial charge in [-0.1, -0.05) is 6.07 Å². The molecular weight excluding hydrogens is 402 g/mol. The van der Waals surface area contributed by atoms with Gasteiger partial charge in [0.05, 0.1) is 13.7 Å². The molecule has 170 valence electrons. The second-order valence-electron chi connectivity index (χ2n) is 7.84. The lowest BCUT2D eigenvalue weighted by atomic mass is 9.99. The van der Waals surface area contributed by atoms with Crippen LogP contribution < -0.4 is 14.4 Å². The first kappa shape index (κ1) is 23.3. The molecule has 3 rings (SSSR count). The monoisotopic (exact) mass is 434 g/mol. The Bertz CT molecular complexity index is 884. The number of piperazine rings is 1. The lowest BCUT2D eigenvalue weighted by Gasteiger charge is -2.36. The van der Waals surface area contributed by atoms with Crippen LogP contribution >= 0.6 is 0 Å². The molecule has 1 heterocycles. The summed E-state index contributed by atoms with van der Waals surface area (Å²) in [4.78, 5) is 4.48. The Morgan fingerprint density at radius 2 is 1.65 bits per heavy atom. The van der Waals surface area contributed by atoms with E-state index in [9.17, 15) is 8.78 Å². The van der Waals surface area contributed by atoms with Crippen LogP contribution in [0.4, 0.5) is 14.5 Å². The highest BCUT2D eigenvalue weighted by Crippen LogP contribution is 2.28. The third-order valence-corrected chi connectivity index (χ3v) is 6.03. The molecule has 1 saturated heterocycles. The van der Waals surface area contributed by atoms with Crippen LogP contribution in [0.1, 0.15) is 16.7 Å². The highest BCUT2D eigenvalue weighted by atomic mass is 19.2. The molecule has 0 spiro atoms. The fourth-order valence-electron chi connectivity index (χ4n) is 3.90. The molecule has 2 aromatic carbocycles. The molecule has 5 nitrogen and oxygen atoms in total. The number of hydrogen-bond donors (Lipinski definition) is 0. The first-order valence-corrected chi connectivity index (χ1v) is 10.7. The minimum Gasteiger partial charge on any atom is -0.493 e. The van der Waals surface area contributed by atoms with Gasteiger partial charge in [-0.05, 0) is 43.0 Å². The van der Waals surface area contributed by atoms with Crippen molar-refractivity contribution in [2.45, 2.75) is 20.3 Å². The maximum absolute atomic E-state index is 13.8. The van der Waals surface area contributed by atoms with E-state index in [1.807, 2.05) is 6.07 Å². The van der Waals surface area contributed by atoms with Gasteiger partial charge in [-0.2, -0.15) is 4.39 Å². The van der Waals surface area contributed by atoms with E-state index >= 15 is 0 Å². The van der Waals surface area contributed by atoms with Gasteiger partial charge in [0.2, 0.25) is 5.82 Å². The predicted molar refractivity (Wildman–Crippen MR) is 119 cm³/mol. The van der Waals surface area contributed by atoms with Crippen molar-refractivity contribution in [2.24, 2.45) is 0 Å². The van der Waals surface area contributed by atoms with Crippen molar-refractivity contribution in [2.75, 3.05) is 65.1 Å². The summed E-state index contributed by atoms with van der Waals surface area (Å²) in [5.74, 6) is -0.963. The Morgan fingerprint density at radius 3 is 2.32 bits per heavy atom. The van der Waals surface area contributed by atoms with E-state index in [-0.39, 0.29) is 5.75 Å². The Balaban J connectivity index is 1.54. The Morgan fingerprint density at radius 1 is 0.903 bits per heavy atom. The summed E-state index contributed by atoms with van der Waals surface area (Å²) in [6.07, 6.45) is 0.962. The zero-order valence-electron chi connectivity index (χ0n) is 18.8. The van der Waals surface area contributed by atoms with Gasteiger partial charge in [-0.15, -0.1) is 0 Å². The normalized spacial score (nSPS) is 14.7. The lowest BCUT2D eigenvalue weighted by Crippen LogP contribution is -2.47. The van der Waals surface area contributed by atoms with Crippen molar-refractivity contribution in [3.63, 3.8) is 0 Å². The molecule has 2 aromatic rings. The molecule has 0 unspecified atom stereocenters. The molecule has 0 amide bonds. The molecule has 1 fully saturated rings. The molecule has 0 aromatic heterocycles. The van der Waals surface area contributed by atoms with Gasteiger partial charge in [0.25, 0.3) is 0 Å². The summed E-state index contributed by atoms with van der Waals surface area (Å²) in [6.45, 7) is 9.58. The average Bonchev–Trinajstić information content (AvgIpc) is 2.78. The summed E-state index contributed by atoms with van der Waals surface area (Å²) < 4.78 is 43.3. The highest BCUT2D eigenvalue weighted by molar-refractivity contribution is 5.52. The summed E-state index contributed by atoms with van der Waals surface area (Å²) in [5.41, 5.74) is 4.42. The summed E-state index contributed by atoms with van der Waals surface area (Å²) >= 11 is 0. The minimum atomic E-state index is -0.939. The van der Waals surface area contributed by atoms with Crippen molar-refractivity contribution in [1.29, 1.82) is 0 Å².